The summed E-state index contributed by atoms with van der Waals surface area (Å²) in [5, 5.41) is 14.7. The minimum absolute atomic E-state index is 0.0202. The molecule has 0 aromatic rings. The van der Waals surface area contributed by atoms with Gasteiger partial charge in [-0.05, 0) is 38.5 Å². The van der Waals surface area contributed by atoms with E-state index in [4.69, 9.17) is 22.1 Å². The van der Waals surface area contributed by atoms with Gasteiger partial charge in [0.2, 0.25) is 5.91 Å². The zero-order valence-corrected chi connectivity index (χ0v) is 16.2. The topological polar surface area (TPSA) is 119 Å². The molecule has 0 aliphatic carbocycles. The van der Waals surface area contributed by atoms with Gasteiger partial charge in [-0.3, -0.25) is 10.1 Å². The number of hydrogen-bond donors (Lipinski definition) is 6. The first-order valence-corrected chi connectivity index (χ1v) is 10.3. The normalized spacial score (nSPS) is 42.3. The molecule has 7 N–H and O–H groups in total. The fraction of sp³-hybridized carbons (Fsp3) is 0.824. The first-order valence-electron chi connectivity index (χ1n) is 9.92. The third-order valence-corrected chi connectivity index (χ3v) is 6.05. The Balaban J connectivity index is 1.38. The fourth-order valence-electron chi connectivity index (χ4n) is 4.40. The van der Waals surface area contributed by atoms with E-state index < -0.39 is 12.1 Å². The van der Waals surface area contributed by atoms with Crippen molar-refractivity contribution in [2.75, 3.05) is 32.7 Å². The predicted molar refractivity (Wildman–Crippen MR) is 102 cm³/mol. The number of amides is 1. The molecular weight excluding hydrogens is 370 g/mol. The van der Waals surface area contributed by atoms with Gasteiger partial charge >= 0.3 is 0 Å². The zero-order chi connectivity index (χ0) is 18.8. The van der Waals surface area contributed by atoms with E-state index in [1.165, 1.54) is 0 Å². The van der Waals surface area contributed by atoms with Crippen molar-refractivity contribution in [3.8, 4) is 0 Å². The van der Waals surface area contributed by atoms with Crippen molar-refractivity contribution in [1.82, 2.24) is 21.3 Å². The number of carbonyl (C=O) groups excluding carboxylic acids is 1. The van der Waals surface area contributed by atoms with Crippen molar-refractivity contribution in [2.45, 2.75) is 49.8 Å². The van der Waals surface area contributed by atoms with Crippen molar-refractivity contribution < 1.29 is 14.5 Å². The second-order valence-corrected chi connectivity index (χ2v) is 8.26. The van der Waals surface area contributed by atoms with Crippen molar-refractivity contribution in [3.05, 3.63) is 16.7 Å². The number of piperidine rings is 2. The summed E-state index contributed by atoms with van der Waals surface area (Å²) in [6.45, 7) is 4.08. The van der Waals surface area contributed by atoms with Gasteiger partial charge in [-0.2, -0.15) is 0 Å². The lowest BCUT2D eigenvalue weighted by atomic mass is 9.98. The summed E-state index contributed by atoms with van der Waals surface area (Å²) in [4.78, 5) is 13.0. The van der Waals surface area contributed by atoms with Crippen LogP contribution in [0.25, 0.3) is 5.43 Å². The van der Waals surface area contributed by atoms with E-state index in [-0.39, 0.29) is 30.3 Å². The second-order valence-electron chi connectivity index (χ2n) is 7.77. The van der Waals surface area contributed by atoms with Gasteiger partial charge in [0.25, 0.3) is 0 Å². The Kier molecular flexibility index (Phi) is 6.30. The van der Waals surface area contributed by atoms with Gasteiger partial charge in [0.15, 0.2) is 0 Å². The molecule has 3 saturated heterocycles. The molecule has 10 heteroatoms. The molecule has 9 nitrogen and oxygen atoms in total. The first kappa shape index (κ1) is 19.5. The maximum atomic E-state index is 13.0. The highest BCUT2D eigenvalue weighted by Gasteiger charge is 2.43. The largest absolute Gasteiger partial charge is 0.431 e. The van der Waals surface area contributed by atoms with E-state index in [0.717, 1.165) is 43.9 Å². The van der Waals surface area contributed by atoms with Crippen LogP contribution in [0.1, 0.15) is 19.3 Å². The van der Waals surface area contributed by atoms with Crippen LogP contribution in [0.2, 0.25) is 0 Å². The van der Waals surface area contributed by atoms with Crippen LogP contribution in [0.5, 0.6) is 0 Å². The van der Waals surface area contributed by atoms with Crippen molar-refractivity contribution in [2.24, 2.45) is 11.7 Å². The highest BCUT2D eigenvalue weighted by Crippen LogP contribution is 2.20. The Morgan fingerprint density at radius 1 is 1.33 bits per heavy atom. The van der Waals surface area contributed by atoms with E-state index >= 15 is 0 Å². The molecule has 152 valence electrons. The molecule has 7 unspecified atom stereocenters. The van der Waals surface area contributed by atoms with Crippen LogP contribution in [-0.4, -0.2) is 69.2 Å². The Labute approximate surface area is 164 Å². The SMILES string of the molecule is NC1[N-][NH+]2C=C(Cl)CNC2C1C(=O)NC1CNCCC1OC1CCCNC1. The van der Waals surface area contributed by atoms with E-state index in [1.807, 2.05) is 6.20 Å². The number of hydrogen-bond acceptors (Lipinski definition) is 6. The number of halogens is 1. The Bertz CT molecular complexity index is 571. The summed E-state index contributed by atoms with van der Waals surface area (Å²) < 4.78 is 6.34. The summed E-state index contributed by atoms with van der Waals surface area (Å²) in [6, 6.07) is -0.0628. The molecule has 1 amide bonds. The number of rotatable bonds is 4. The van der Waals surface area contributed by atoms with Crippen LogP contribution in [0.3, 0.4) is 0 Å². The lowest BCUT2D eigenvalue weighted by Crippen LogP contribution is -3.09. The molecular formula is C17H30ClN7O2. The molecule has 27 heavy (non-hydrogen) atoms. The molecule has 4 aliphatic heterocycles. The molecule has 0 bridgehead atoms. The molecule has 7 atom stereocenters. The Morgan fingerprint density at radius 3 is 3.00 bits per heavy atom. The van der Waals surface area contributed by atoms with Crippen molar-refractivity contribution >= 4 is 17.5 Å². The summed E-state index contributed by atoms with van der Waals surface area (Å²) in [5.41, 5.74) is 10.6. The number of nitrogens with zero attached hydrogens (tertiary/aromatic N) is 1. The summed E-state index contributed by atoms with van der Waals surface area (Å²) >= 11 is 6.07. The van der Waals surface area contributed by atoms with Gasteiger partial charge in [0.1, 0.15) is 18.3 Å². The minimum Gasteiger partial charge on any atom is -0.431 e. The second kappa shape index (κ2) is 8.71. The molecule has 0 radical (unpaired) electrons. The lowest BCUT2D eigenvalue weighted by molar-refractivity contribution is -0.833. The number of nitrogens with one attached hydrogen (secondary N) is 5. The summed E-state index contributed by atoms with van der Waals surface area (Å²) in [7, 11) is 0. The molecule has 0 spiro atoms. The maximum absolute atomic E-state index is 13.0. The Hall–Kier alpha value is -0.780. The summed E-state index contributed by atoms with van der Waals surface area (Å²) in [6.07, 6.45) is 4.41. The molecule has 0 aromatic carbocycles. The Morgan fingerprint density at radius 2 is 2.19 bits per heavy atom. The smallest absolute Gasteiger partial charge is 0.230 e. The van der Waals surface area contributed by atoms with Crippen LogP contribution < -0.4 is 32.0 Å². The van der Waals surface area contributed by atoms with E-state index in [2.05, 4.69) is 26.7 Å². The van der Waals surface area contributed by atoms with Crippen LogP contribution in [0.15, 0.2) is 11.2 Å². The van der Waals surface area contributed by atoms with E-state index in [9.17, 15) is 4.79 Å². The quantitative estimate of drug-likeness (QED) is 0.316. The van der Waals surface area contributed by atoms with Gasteiger partial charge in [-0.1, -0.05) is 11.6 Å². The molecule has 4 rings (SSSR count). The van der Waals surface area contributed by atoms with Gasteiger partial charge in [0.05, 0.1) is 23.3 Å². The maximum Gasteiger partial charge on any atom is 0.230 e. The molecule has 3 fully saturated rings. The minimum atomic E-state index is -0.560. The third kappa shape index (κ3) is 4.46. The summed E-state index contributed by atoms with van der Waals surface area (Å²) in [5.74, 6) is -0.505. The van der Waals surface area contributed by atoms with Crippen LogP contribution >= 0.6 is 11.6 Å². The van der Waals surface area contributed by atoms with Crippen molar-refractivity contribution in [3.63, 3.8) is 0 Å². The highest BCUT2D eigenvalue weighted by molar-refractivity contribution is 6.29. The number of fused-ring (bicyclic) bond motifs is 1. The van der Waals surface area contributed by atoms with Crippen LogP contribution in [0.4, 0.5) is 0 Å². The van der Waals surface area contributed by atoms with Crippen molar-refractivity contribution in [1.29, 1.82) is 0 Å². The molecule has 0 aromatic heterocycles. The molecule has 4 aliphatic rings. The van der Waals surface area contributed by atoms with E-state index in [1.54, 1.807) is 0 Å². The molecule has 0 saturated carbocycles. The van der Waals surface area contributed by atoms with Gasteiger partial charge < -0.3 is 36.9 Å². The zero-order valence-electron chi connectivity index (χ0n) is 15.4. The number of quaternary nitrogens is 1. The predicted octanol–water partition coefficient (Wildman–Crippen LogP) is -2.30. The van der Waals surface area contributed by atoms with Crippen LogP contribution in [0, 0.1) is 5.92 Å². The molecule has 4 heterocycles. The monoisotopic (exact) mass is 399 g/mol. The standard InChI is InChI=1S/C17H30ClN7O2/c18-10-6-22-16-14(15(19)24-25(16)9-10)17(26)23-12-8-21-5-3-13(12)27-11-2-1-4-20-7-11/h9,11-16,20-22,25H,1-8,19H2,(H,23,26). The number of carbonyl (C=O) groups is 1. The van der Waals surface area contributed by atoms with Crippen LogP contribution in [-0.2, 0) is 9.53 Å². The fourth-order valence-corrected chi connectivity index (χ4v) is 4.59. The van der Waals surface area contributed by atoms with Gasteiger partial charge in [-0.25, -0.2) is 0 Å². The van der Waals surface area contributed by atoms with Gasteiger partial charge in [-0.15, -0.1) is 0 Å². The number of ether oxygens (including phenoxy) is 1. The lowest BCUT2D eigenvalue weighted by Gasteiger charge is -2.37. The van der Waals surface area contributed by atoms with Gasteiger partial charge in [0, 0.05) is 19.6 Å². The third-order valence-electron chi connectivity index (χ3n) is 5.81. The first-order chi connectivity index (χ1) is 13.1. The number of nitrogens with two attached hydrogens (primary N) is 1. The van der Waals surface area contributed by atoms with E-state index in [0.29, 0.717) is 18.1 Å². The average Bonchev–Trinajstić information content (AvgIpc) is 2.99. The highest BCUT2D eigenvalue weighted by atomic mass is 35.5. The average molecular weight is 400 g/mol.